The largest absolute Gasteiger partial charge is 0.369 e. The number of imidazole rings is 1. The average Bonchev–Trinajstić information content (AvgIpc) is 2.41. The van der Waals surface area contributed by atoms with E-state index in [-0.39, 0.29) is 0 Å². The van der Waals surface area contributed by atoms with Gasteiger partial charge in [0.1, 0.15) is 0 Å². The summed E-state index contributed by atoms with van der Waals surface area (Å²) in [6, 6.07) is 2.45. The molecule has 1 fully saturated rings. The molecule has 0 aromatic carbocycles. The lowest BCUT2D eigenvalue weighted by Crippen LogP contribution is -2.18. The first-order valence-corrected chi connectivity index (χ1v) is 4.93. The number of aromatic nitrogens is 3. The standard InChI is InChI=1S/C10H12N4/c11-10-13-8-4-5-12-6-9(8)14(10)7-2-1-3-7/h4-7H,1-3H2,(H2,11,13). The van der Waals surface area contributed by atoms with E-state index in [0.29, 0.717) is 12.0 Å². The van der Waals surface area contributed by atoms with E-state index in [4.69, 9.17) is 5.73 Å². The molecule has 1 aliphatic rings. The molecule has 0 atom stereocenters. The molecule has 1 saturated carbocycles. The molecule has 1 aliphatic carbocycles. The van der Waals surface area contributed by atoms with Crippen LogP contribution in [0, 0.1) is 0 Å². The Labute approximate surface area is 81.8 Å². The highest BCUT2D eigenvalue weighted by Gasteiger charge is 2.23. The van der Waals surface area contributed by atoms with Gasteiger partial charge in [-0.3, -0.25) is 4.98 Å². The fourth-order valence-electron chi connectivity index (χ4n) is 1.99. The van der Waals surface area contributed by atoms with Crippen LogP contribution in [0.25, 0.3) is 11.0 Å². The number of rotatable bonds is 1. The topological polar surface area (TPSA) is 56.7 Å². The zero-order valence-electron chi connectivity index (χ0n) is 7.85. The number of nitrogen functional groups attached to an aromatic ring is 1. The lowest BCUT2D eigenvalue weighted by molar-refractivity contribution is 0.324. The number of fused-ring (bicyclic) bond motifs is 1. The molecule has 0 saturated heterocycles. The predicted octanol–water partition coefficient (Wildman–Crippen LogP) is 1.74. The molecule has 0 radical (unpaired) electrons. The van der Waals surface area contributed by atoms with Crippen LogP contribution < -0.4 is 5.73 Å². The lowest BCUT2D eigenvalue weighted by Gasteiger charge is -2.28. The van der Waals surface area contributed by atoms with Crippen molar-refractivity contribution in [3.63, 3.8) is 0 Å². The summed E-state index contributed by atoms with van der Waals surface area (Å²) >= 11 is 0. The quantitative estimate of drug-likeness (QED) is 0.741. The van der Waals surface area contributed by atoms with Crippen LogP contribution in [0.4, 0.5) is 5.95 Å². The predicted molar refractivity (Wildman–Crippen MR) is 54.8 cm³/mol. The Morgan fingerprint density at radius 2 is 2.29 bits per heavy atom. The van der Waals surface area contributed by atoms with Crippen LogP contribution in [-0.2, 0) is 0 Å². The van der Waals surface area contributed by atoms with Gasteiger partial charge in [-0.1, -0.05) is 0 Å². The summed E-state index contributed by atoms with van der Waals surface area (Å²) in [6.07, 6.45) is 7.32. The molecule has 0 aliphatic heterocycles. The maximum atomic E-state index is 5.89. The summed E-state index contributed by atoms with van der Waals surface area (Å²) in [5.41, 5.74) is 7.90. The highest BCUT2D eigenvalue weighted by Crippen LogP contribution is 2.35. The Kier molecular flexibility index (Phi) is 1.50. The molecule has 0 unspecified atom stereocenters. The first kappa shape index (κ1) is 7.79. The van der Waals surface area contributed by atoms with E-state index < -0.39 is 0 Å². The van der Waals surface area contributed by atoms with E-state index in [1.54, 1.807) is 6.20 Å². The number of nitrogens with zero attached hydrogens (tertiary/aromatic N) is 3. The van der Waals surface area contributed by atoms with Crippen molar-refractivity contribution >= 4 is 17.0 Å². The van der Waals surface area contributed by atoms with Crippen LogP contribution >= 0.6 is 0 Å². The van der Waals surface area contributed by atoms with Crippen molar-refractivity contribution in [1.29, 1.82) is 0 Å². The molecule has 0 spiro atoms. The summed E-state index contributed by atoms with van der Waals surface area (Å²) in [7, 11) is 0. The summed E-state index contributed by atoms with van der Waals surface area (Å²) in [5, 5.41) is 0. The lowest BCUT2D eigenvalue weighted by atomic mass is 9.93. The Bertz CT molecular complexity index is 470. The third-order valence-electron chi connectivity index (χ3n) is 2.96. The SMILES string of the molecule is Nc1nc2ccncc2n1C1CCC1. The molecule has 2 aromatic heterocycles. The van der Waals surface area contributed by atoms with E-state index in [1.165, 1.54) is 19.3 Å². The molecule has 72 valence electrons. The van der Waals surface area contributed by atoms with Gasteiger partial charge in [-0.05, 0) is 25.3 Å². The Morgan fingerprint density at radius 3 is 3.00 bits per heavy atom. The molecular formula is C10H12N4. The summed E-state index contributed by atoms with van der Waals surface area (Å²) < 4.78 is 2.12. The zero-order chi connectivity index (χ0) is 9.54. The number of pyridine rings is 1. The van der Waals surface area contributed by atoms with Crippen LogP contribution in [0.15, 0.2) is 18.5 Å². The second-order valence-corrected chi connectivity index (χ2v) is 3.79. The zero-order valence-corrected chi connectivity index (χ0v) is 7.85. The number of hydrogen-bond acceptors (Lipinski definition) is 3. The second-order valence-electron chi connectivity index (χ2n) is 3.79. The first-order chi connectivity index (χ1) is 6.86. The van der Waals surface area contributed by atoms with Gasteiger partial charge >= 0.3 is 0 Å². The van der Waals surface area contributed by atoms with E-state index in [1.807, 2.05) is 12.3 Å². The molecule has 0 amide bonds. The molecule has 0 bridgehead atoms. The number of anilines is 1. The Balaban J connectivity index is 2.24. The maximum Gasteiger partial charge on any atom is 0.201 e. The van der Waals surface area contributed by atoms with Crippen LogP contribution in [-0.4, -0.2) is 14.5 Å². The number of hydrogen-bond donors (Lipinski definition) is 1. The fourth-order valence-corrected chi connectivity index (χ4v) is 1.99. The third kappa shape index (κ3) is 0.937. The van der Waals surface area contributed by atoms with Gasteiger partial charge in [-0.25, -0.2) is 4.98 Å². The van der Waals surface area contributed by atoms with Crippen LogP contribution in [0.5, 0.6) is 0 Å². The van der Waals surface area contributed by atoms with Crippen molar-refractivity contribution in [1.82, 2.24) is 14.5 Å². The van der Waals surface area contributed by atoms with E-state index in [0.717, 1.165) is 11.0 Å². The van der Waals surface area contributed by atoms with Gasteiger partial charge in [0.05, 0.1) is 17.2 Å². The van der Waals surface area contributed by atoms with Crippen molar-refractivity contribution in [3.8, 4) is 0 Å². The normalized spacial score (nSPS) is 17.1. The summed E-state index contributed by atoms with van der Waals surface area (Å²) in [4.78, 5) is 8.43. The molecule has 2 aromatic rings. The maximum absolute atomic E-state index is 5.89. The van der Waals surface area contributed by atoms with Crippen molar-refractivity contribution in [2.24, 2.45) is 0 Å². The summed E-state index contributed by atoms with van der Waals surface area (Å²) in [5.74, 6) is 0.623. The molecular weight excluding hydrogens is 176 g/mol. The minimum absolute atomic E-state index is 0.546. The summed E-state index contributed by atoms with van der Waals surface area (Å²) in [6.45, 7) is 0. The first-order valence-electron chi connectivity index (χ1n) is 4.93. The third-order valence-corrected chi connectivity index (χ3v) is 2.96. The monoisotopic (exact) mass is 188 g/mol. The van der Waals surface area contributed by atoms with Crippen molar-refractivity contribution < 1.29 is 0 Å². The molecule has 2 N–H and O–H groups in total. The minimum atomic E-state index is 0.546. The average molecular weight is 188 g/mol. The molecule has 4 nitrogen and oxygen atoms in total. The Hall–Kier alpha value is -1.58. The molecule has 3 rings (SSSR count). The van der Waals surface area contributed by atoms with Gasteiger partial charge in [-0.15, -0.1) is 0 Å². The van der Waals surface area contributed by atoms with Crippen molar-refractivity contribution in [3.05, 3.63) is 18.5 Å². The smallest absolute Gasteiger partial charge is 0.201 e. The van der Waals surface area contributed by atoms with Gasteiger partial charge in [0, 0.05) is 12.2 Å². The molecule has 14 heavy (non-hydrogen) atoms. The van der Waals surface area contributed by atoms with Gasteiger partial charge in [0.25, 0.3) is 0 Å². The van der Waals surface area contributed by atoms with Crippen LogP contribution in [0.2, 0.25) is 0 Å². The van der Waals surface area contributed by atoms with Gasteiger partial charge in [0.15, 0.2) is 0 Å². The van der Waals surface area contributed by atoms with E-state index in [2.05, 4.69) is 14.5 Å². The van der Waals surface area contributed by atoms with Crippen LogP contribution in [0.1, 0.15) is 25.3 Å². The molecule has 4 heteroatoms. The highest BCUT2D eigenvalue weighted by atomic mass is 15.2. The van der Waals surface area contributed by atoms with Crippen LogP contribution in [0.3, 0.4) is 0 Å². The second kappa shape index (κ2) is 2.70. The molecule has 2 heterocycles. The highest BCUT2D eigenvalue weighted by molar-refractivity contribution is 5.77. The van der Waals surface area contributed by atoms with E-state index >= 15 is 0 Å². The number of nitrogens with two attached hydrogens (primary N) is 1. The van der Waals surface area contributed by atoms with Gasteiger partial charge < -0.3 is 10.3 Å². The van der Waals surface area contributed by atoms with Gasteiger partial charge in [-0.2, -0.15) is 0 Å². The van der Waals surface area contributed by atoms with Gasteiger partial charge in [0.2, 0.25) is 5.95 Å². The fraction of sp³-hybridized carbons (Fsp3) is 0.400. The minimum Gasteiger partial charge on any atom is -0.369 e. The Morgan fingerprint density at radius 1 is 1.43 bits per heavy atom. The van der Waals surface area contributed by atoms with Crippen molar-refractivity contribution in [2.75, 3.05) is 5.73 Å². The van der Waals surface area contributed by atoms with Crippen molar-refractivity contribution in [2.45, 2.75) is 25.3 Å². The van der Waals surface area contributed by atoms with E-state index in [9.17, 15) is 0 Å².